The number of nitrogens with one attached hydrogen (secondary N) is 2. The van der Waals surface area contributed by atoms with E-state index in [-0.39, 0.29) is 5.69 Å². The van der Waals surface area contributed by atoms with Gasteiger partial charge in [-0.3, -0.25) is 9.59 Å². The van der Waals surface area contributed by atoms with Crippen molar-refractivity contribution in [3.63, 3.8) is 0 Å². The van der Waals surface area contributed by atoms with Crippen LogP contribution in [-0.4, -0.2) is 18.4 Å². The molecule has 2 rings (SSSR count). The molecular weight excluding hydrogens is 333 g/mol. The maximum atomic E-state index is 12.9. The highest BCUT2D eigenvalue weighted by Gasteiger charge is 2.33. The Hall–Kier alpha value is -2.83. The largest absolute Gasteiger partial charge is 0.418 e. The van der Waals surface area contributed by atoms with Gasteiger partial charge in [0.15, 0.2) is 0 Å². The highest BCUT2D eigenvalue weighted by atomic mass is 19.4. The minimum Gasteiger partial charge on any atom is -0.355 e. The van der Waals surface area contributed by atoms with Crippen molar-refractivity contribution in [3.05, 3.63) is 65.7 Å². The van der Waals surface area contributed by atoms with E-state index in [1.807, 2.05) is 30.3 Å². The van der Waals surface area contributed by atoms with Gasteiger partial charge in [0.05, 0.1) is 11.3 Å². The lowest BCUT2D eigenvalue weighted by atomic mass is 10.1. The van der Waals surface area contributed by atoms with Gasteiger partial charge in [-0.2, -0.15) is 13.2 Å². The van der Waals surface area contributed by atoms with Gasteiger partial charge in [0, 0.05) is 6.54 Å². The van der Waals surface area contributed by atoms with Crippen LogP contribution in [0.5, 0.6) is 0 Å². The number of hydrogen-bond acceptors (Lipinski definition) is 2. The predicted molar refractivity (Wildman–Crippen MR) is 87.8 cm³/mol. The summed E-state index contributed by atoms with van der Waals surface area (Å²) >= 11 is 0. The van der Waals surface area contributed by atoms with Crippen molar-refractivity contribution in [3.8, 4) is 0 Å². The molecule has 2 aromatic rings. The lowest BCUT2D eigenvalue weighted by Crippen LogP contribution is -2.30. The molecule has 0 saturated carbocycles. The fraction of sp³-hybridized carbons (Fsp3) is 0.222. The molecule has 0 heterocycles. The molecule has 0 saturated heterocycles. The summed E-state index contributed by atoms with van der Waals surface area (Å²) in [5.41, 5.74) is -0.281. The normalized spacial score (nSPS) is 11.0. The van der Waals surface area contributed by atoms with Crippen LogP contribution in [0.15, 0.2) is 54.6 Å². The first-order valence-electron chi connectivity index (χ1n) is 7.63. The molecule has 0 aliphatic carbocycles. The standard InChI is InChI=1S/C18H17F3N2O2/c19-18(20,21)14-8-4-5-9-15(14)23-17(25)12-16(24)22-11-10-13-6-2-1-3-7-13/h1-9H,10-12H2,(H,22,24)(H,23,25). The average Bonchev–Trinajstić information content (AvgIpc) is 2.55. The summed E-state index contributed by atoms with van der Waals surface area (Å²) in [7, 11) is 0. The summed E-state index contributed by atoms with van der Waals surface area (Å²) in [6.45, 7) is 0.343. The third kappa shape index (κ3) is 5.95. The number of carbonyl (C=O) groups excluding carboxylic acids is 2. The number of amides is 2. The first-order valence-corrected chi connectivity index (χ1v) is 7.63. The van der Waals surface area contributed by atoms with Crippen molar-refractivity contribution in [2.45, 2.75) is 19.0 Å². The molecule has 0 aliphatic rings. The van der Waals surface area contributed by atoms with Crippen molar-refractivity contribution in [1.29, 1.82) is 0 Å². The zero-order valence-corrected chi connectivity index (χ0v) is 13.3. The molecule has 0 unspecified atom stereocenters. The molecule has 0 bridgehead atoms. The smallest absolute Gasteiger partial charge is 0.355 e. The Morgan fingerprint density at radius 2 is 1.52 bits per heavy atom. The predicted octanol–water partition coefficient (Wildman–Crippen LogP) is 3.39. The molecule has 132 valence electrons. The Bertz CT molecular complexity index is 731. The number of hydrogen-bond donors (Lipinski definition) is 2. The van der Waals surface area contributed by atoms with E-state index in [0.29, 0.717) is 13.0 Å². The molecule has 2 N–H and O–H groups in total. The summed E-state index contributed by atoms with van der Waals surface area (Å²) in [6.07, 6.45) is -4.52. The Balaban J connectivity index is 1.83. The second kappa shape index (κ2) is 8.32. The fourth-order valence-electron chi connectivity index (χ4n) is 2.23. The molecule has 0 radical (unpaired) electrons. The second-order valence-electron chi connectivity index (χ2n) is 5.35. The van der Waals surface area contributed by atoms with Crippen LogP contribution in [0, 0.1) is 0 Å². The van der Waals surface area contributed by atoms with E-state index in [1.165, 1.54) is 12.1 Å². The van der Waals surface area contributed by atoms with Gasteiger partial charge in [0.1, 0.15) is 6.42 Å². The lowest BCUT2D eigenvalue weighted by molar-refractivity contribution is -0.137. The topological polar surface area (TPSA) is 58.2 Å². The van der Waals surface area contributed by atoms with Gasteiger partial charge in [0.25, 0.3) is 0 Å². The number of benzene rings is 2. The van der Waals surface area contributed by atoms with Crippen LogP contribution >= 0.6 is 0 Å². The lowest BCUT2D eigenvalue weighted by Gasteiger charge is -2.13. The number of halogens is 3. The maximum absolute atomic E-state index is 12.9. The van der Waals surface area contributed by atoms with E-state index in [0.717, 1.165) is 17.7 Å². The molecule has 0 aliphatic heterocycles. The van der Waals surface area contributed by atoms with Gasteiger partial charge < -0.3 is 10.6 Å². The molecule has 0 fully saturated rings. The Labute approximate surface area is 143 Å². The summed E-state index contributed by atoms with van der Waals surface area (Å²) < 4.78 is 38.6. The number of alkyl halides is 3. The second-order valence-corrected chi connectivity index (χ2v) is 5.35. The Kier molecular flexibility index (Phi) is 6.16. The summed E-state index contributed by atoms with van der Waals surface area (Å²) in [4.78, 5) is 23.5. The minimum absolute atomic E-state index is 0.343. The van der Waals surface area contributed by atoms with Crippen LogP contribution in [0.1, 0.15) is 17.5 Å². The van der Waals surface area contributed by atoms with Gasteiger partial charge in [-0.15, -0.1) is 0 Å². The molecule has 0 aromatic heterocycles. The molecule has 0 spiro atoms. The third-order valence-corrected chi connectivity index (χ3v) is 3.41. The Morgan fingerprint density at radius 3 is 2.20 bits per heavy atom. The molecule has 25 heavy (non-hydrogen) atoms. The summed E-state index contributed by atoms with van der Waals surface area (Å²) in [5, 5.41) is 4.71. The van der Waals surface area contributed by atoms with Crippen molar-refractivity contribution in [1.82, 2.24) is 5.32 Å². The van der Waals surface area contributed by atoms with E-state index in [2.05, 4.69) is 10.6 Å². The molecule has 4 nitrogen and oxygen atoms in total. The minimum atomic E-state index is -4.58. The zero-order chi connectivity index (χ0) is 18.3. The number of carbonyl (C=O) groups is 2. The fourth-order valence-corrected chi connectivity index (χ4v) is 2.23. The van der Waals surface area contributed by atoms with E-state index in [1.54, 1.807) is 0 Å². The third-order valence-electron chi connectivity index (χ3n) is 3.41. The number of para-hydroxylation sites is 1. The van der Waals surface area contributed by atoms with Crippen molar-refractivity contribution < 1.29 is 22.8 Å². The quantitative estimate of drug-likeness (QED) is 0.785. The first kappa shape index (κ1) is 18.5. The van der Waals surface area contributed by atoms with Crippen LogP contribution in [0.4, 0.5) is 18.9 Å². The summed E-state index contributed by atoms with van der Waals surface area (Å²) in [6, 6.07) is 14.1. The van der Waals surface area contributed by atoms with Gasteiger partial charge in [0.2, 0.25) is 11.8 Å². The molecule has 2 aromatic carbocycles. The van der Waals surface area contributed by atoms with Crippen LogP contribution in [0.3, 0.4) is 0 Å². The highest BCUT2D eigenvalue weighted by Crippen LogP contribution is 2.34. The first-order chi connectivity index (χ1) is 11.9. The molecule has 0 atom stereocenters. The number of rotatable bonds is 6. The van der Waals surface area contributed by atoms with E-state index >= 15 is 0 Å². The van der Waals surface area contributed by atoms with Crippen LogP contribution in [-0.2, 0) is 22.2 Å². The monoisotopic (exact) mass is 350 g/mol. The zero-order valence-electron chi connectivity index (χ0n) is 13.3. The molecule has 2 amide bonds. The highest BCUT2D eigenvalue weighted by molar-refractivity contribution is 6.03. The van der Waals surface area contributed by atoms with Gasteiger partial charge in [-0.05, 0) is 24.1 Å². The van der Waals surface area contributed by atoms with Gasteiger partial charge in [-0.1, -0.05) is 42.5 Å². The van der Waals surface area contributed by atoms with E-state index in [4.69, 9.17) is 0 Å². The summed E-state index contributed by atoms with van der Waals surface area (Å²) in [5.74, 6) is -1.34. The molecule has 7 heteroatoms. The van der Waals surface area contributed by atoms with Gasteiger partial charge in [-0.25, -0.2) is 0 Å². The SMILES string of the molecule is O=C(CC(=O)Nc1ccccc1C(F)(F)F)NCCc1ccccc1. The van der Waals surface area contributed by atoms with Gasteiger partial charge >= 0.3 is 6.18 Å². The average molecular weight is 350 g/mol. The molecular formula is C18H17F3N2O2. The Morgan fingerprint density at radius 1 is 0.880 bits per heavy atom. The van der Waals surface area contributed by atoms with Crippen molar-refractivity contribution >= 4 is 17.5 Å². The van der Waals surface area contributed by atoms with Crippen molar-refractivity contribution in [2.24, 2.45) is 0 Å². The van der Waals surface area contributed by atoms with Crippen LogP contribution in [0.25, 0.3) is 0 Å². The van der Waals surface area contributed by atoms with E-state index in [9.17, 15) is 22.8 Å². The van der Waals surface area contributed by atoms with Crippen molar-refractivity contribution in [2.75, 3.05) is 11.9 Å². The maximum Gasteiger partial charge on any atom is 0.418 e. The number of anilines is 1. The van der Waals surface area contributed by atoms with E-state index < -0.39 is 30.0 Å². The van der Waals surface area contributed by atoms with Crippen LogP contribution < -0.4 is 10.6 Å². The van der Waals surface area contributed by atoms with Crippen LogP contribution in [0.2, 0.25) is 0 Å².